The number of amides is 2. The molecule has 0 unspecified atom stereocenters. The van der Waals surface area contributed by atoms with Crippen LogP contribution < -0.4 is 15.0 Å². The molecular formula is C33H42FN7O3. The fraction of sp³-hybridized carbons (Fsp3) is 0.667. The molecule has 1 aromatic carbocycles. The van der Waals surface area contributed by atoms with E-state index in [1.807, 2.05) is 4.90 Å². The number of ether oxygens (including phenoxy) is 1. The lowest BCUT2D eigenvalue weighted by Gasteiger charge is -2.54. The van der Waals surface area contributed by atoms with Crippen LogP contribution in [0.4, 0.5) is 10.2 Å². The third-order valence-electron chi connectivity index (χ3n) is 11.1. The first-order chi connectivity index (χ1) is 21.4. The van der Waals surface area contributed by atoms with Crippen LogP contribution in [0.25, 0.3) is 0 Å². The molecule has 2 spiro atoms. The lowest BCUT2D eigenvalue weighted by atomic mass is 9.71. The highest BCUT2D eigenvalue weighted by Gasteiger charge is 2.47. The number of carbonyl (C=O) groups is 2. The van der Waals surface area contributed by atoms with E-state index in [0.717, 1.165) is 96.4 Å². The third kappa shape index (κ3) is 5.52. The molecule has 3 aliphatic heterocycles. The largest absolute Gasteiger partial charge is 0.434 e. The summed E-state index contributed by atoms with van der Waals surface area (Å²) in [5.74, 6) is 1.48. The van der Waals surface area contributed by atoms with Crippen LogP contribution >= 0.6 is 0 Å². The van der Waals surface area contributed by atoms with Gasteiger partial charge in [0.1, 0.15) is 17.9 Å². The number of nitrogens with one attached hydrogen (secondary N) is 1. The summed E-state index contributed by atoms with van der Waals surface area (Å²) in [5, 5.41) is 11.5. The molecular weight excluding hydrogens is 561 g/mol. The number of hydrogen-bond donors (Lipinski definition) is 1. The molecule has 234 valence electrons. The van der Waals surface area contributed by atoms with Crippen LogP contribution in [0, 0.1) is 17.2 Å². The number of piperidine rings is 1. The summed E-state index contributed by atoms with van der Waals surface area (Å²) in [7, 11) is 0. The summed E-state index contributed by atoms with van der Waals surface area (Å²) in [4.78, 5) is 36.7. The number of rotatable bonds is 8. The van der Waals surface area contributed by atoms with Gasteiger partial charge >= 0.3 is 0 Å². The van der Waals surface area contributed by atoms with Crippen molar-refractivity contribution in [1.29, 1.82) is 0 Å². The Morgan fingerprint density at radius 2 is 1.75 bits per heavy atom. The average Bonchev–Trinajstić information content (AvgIpc) is 3.96. The molecule has 0 bridgehead atoms. The Hall–Kier alpha value is -3.34. The quantitative estimate of drug-likeness (QED) is 0.476. The molecule has 2 amide bonds. The van der Waals surface area contributed by atoms with Gasteiger partial charge in [0, 0.05) is 49.1 Å². The second-order valence-electron chi connectivity index (χ2n) is 14.4. The van der Waals surface area contributed by atoms with Crippen LogP contribution in [0.5, 0.6) is 11.6 Å². The van der Waals surface area contributed by atoms with Crippen LogP contribution in [0.3, 0.4) is 0 Å². The Bertz CT molecular complexity index is 1410. The van der Waals surface area contributed by atoms with Gasteiger partial charge < -0.3 is 24.8 Å². The summed E-state index contributed by atoms with van der Waals surface area (Å²) < 4.78 is 20.6. The highest BCUT2D eigenvalue weighted by Crippen LogP contribution is 2.46. The molecule has 0 atom stereocenters. The van der Waals surface area contributed by atoms with E-state index < -0.39 is 5.82 Å². The van der Waals surface area contributed by atoms with Gasteiger partial charge in [0.25, 0.3) is 11.8 Å². The zero-order valence-corrected chi connectivity index (χ0v) is 25.3. The van der Waals surface area contributed by atoms with Crippen molar-refractivity contribution in [1.82, 2.24) is 30.3 Å². The summed E-state index contributed by atoms with van der Waals surface area (Å²) in [6.07, 6.45) is 14.1. The van der Waals surface area contributed by atoms with E-state index in [1.165, 1.54) is 37.4 Å². The zero-order chi connectivity index (χ0) is 29.9. The van der Waals surface area contributed by atoms with E-state index in [-0.39, 0.29) is 46.3 Å². The second-order valence-corrected chi connectivity index (χ2v) is 14.4. The van der Waals surface area contributed by atoms with Crippen molar-refractivity contribution >= 4 is 17.6 Å². The van der Waals surface area contributed by atoms with Gasteiger partial charge in [-0.2, -0.15) is 0 Å². The number of likely N-dealkylation sites (tertiary alicyclic amines) is 1. The van der Waals surface area contributed by atoms with Crippen molar-refractivity contribution in [2.75, 3.05) is 37.6 Å². The average molecular weight is 604 g/mol. The van der Waals surface area contributed by atoms with E-state index in [1.54, 1.807) is 0 Å². The molecule has 8 rings (SSSR count). The van der Waals surface area contributed by atoms with Crippen molar-refractivity contribution in [2.24, 2.45) is 11.3 Å². The Labute approximate surface area is 257 Å². The summed E-state index contributed by atoms with van der Waals surface area (Å²) in [5.41, 5.74) is 0.582. The van der Waals surface area contributed by atoms with Crippen LogP contribution in [0.15, 0.2) is 24.5 Å². The lowest BCUT2D eigenvalue weighted by molar-refractivity contribution is -0.120. The SMILES string of the molecule is O=C1CC[C@]2(CC[C@@H](CN3CCC4(CC3)CN(c3ncnnc3Oc3ccc(F)cc3C(=O)N(C3CC3)C3CC3)C4)CC2)N1. The maximum atomic E-state index is 14.4. The van der Waals surface area contributed by atoms with Crippen molar-refractivity contribution < 1.29 is 18.7 Å². The van der Waals surface area contributed by atoms with E-state index >= 15 is 0 Å². The fourth-order valence-electron chi connectivity index (χ4n) is 8.24. The molecule has 3 saturated heterocycles. The molecule has 1 aromatic heterocycles. The maximum Gasteiger partial charge on any atom is 0.282 e. The molecule has 4 heterocycles. The molecule has 6 aliphatic rings. The number of carbonyl (C=O) groups excluding carboxylic acids is 2. The first-order valence-electron chi connectivity index (χ1n) is 16.6. The first kappa shape index (κ1) is 28.2. The van der Waals surface area contributed by atoms with Crippen LogP contribution in [0.1, 0.15) is 87.4 Å². The lowest BCUT2D eigenvalue weighted by Crippen LogP contribution is -2.61. The summed E-state index contributed by atoms with van der Waals surface area (Å²) in [6.45, 7) is 5.14. The van der Waals surface area contributed by atoms with Gasteiger partial charge in [-0.25, -0.2) is 9.37 Å². The minimum Gasteiger partial charge on any atom is -0.434 e. The van der Waals surface area contributed by atoms with Gasteiger partial charge in [0.2, 0.25) is 5.91 Å². The van der Waals surface area contributed by atoms with Crippen molar-refractivity contribution in [3.8, 4) is 11.6 Å². The number of hydrogen-bond acceptors (Lipinski definition) is 8. The topological polar surface area (TPSA) is 104 Å². The Morgan fingerprint density at radius 1 is 1.02 bits per heavy atom. The normalized spacial score (nSPS) is 28.2. The highest BCUT2D eigenvalue weighted by atomic mass is 19.1. The Balaban J connectivity index is 0.882. The highest BCUT2D eigenvalue weighted by molar-refractivity contribution is 5.98. The monoisotopic (exact) mass is 603 g/mol. The predicted molar refractivity (Wildman–Crippen MR) is 161 cm³/mol. The number of anilines is 1. The molecule has 3 aliphatic carbocycles. The van der Waals surface area contributed by atoms with Gasteiger partial charge in [-0.1, -0.05) is 0 Å². The molecule has 44 heavy (non-hydrogen) atoms. The molecule has 6 fully saturated rings. The third-order valence-corrected chi connectivity index (χ3v) is 11.1. The molecule has 3 saturated carbocycles. The maximum absolute atomic E-state index is 14.4. The minimum absolute atomic E-state index is 0.0920. The first-order valence-corrected chi connectivity index (χ1v) is 16.6. The van der Waals surface area contributed by atoms with Gasteiger partial charge in [-0.15, -0.1) is 10.2 Å². The zero-order valence-electron chi connectivity index (χ0n) is 25.3. The predicted octanol–water partition coefficient (Wildman–Crippen LogP) is 4.31. The molecule has 1 N–H and O–H groups in total. The Kier molecular flexibility index (Phi) is 6.99. The summed E-state index contributed by atoms with van der Waals surface area (Å²) in [6, 6.07) is 4.61. The molecule has 10 nitrogen and oxygen atoms in total. The number of aromatic nitrogens is 3. The number of halogens is 1. The smallest absolute Gasteiger partial charge is 0.282 e. The van der Waals surface area contributed by atoms with Gasteiger partial charge in [0.15, 0.2) is 5.82 Å². The standard InChI is InChI=1S/C33H42FN7O3/c34-23-1-6-27(26(17-23)31(43)41(24-2-3-24)25-4-5-25)44-30-29(35-21-36-38-30)40-19-32(20-40)13-15-39(16-14-32)18-22-7-10-33(11-8-22)12-9-28(42)37-33/h1,6,17,21-22,24-25H,2-5,7-16,18-20H2,(H,37,42)/t22-,33-. The van der Waals surface area contributed by atoms with E-state index in [9.17, 15) is 14.0 Å². The summed E-state index contributed by atoms with van der Waals surface area (Å²) >= 11 is 0. The van der Waals surface area contributed by atoms with E-state index in [4.69, 9.17) is 4.74 Å². The van der Waals surface area contributed by atoms with Crippen LogP contribution in [-0.4, -0.2) is 87.1 Å². The molecule has 2 aromatic rings. The van der Waals surface area contributed by atoms with Gasteiger partial charge in [0.05, 0.1) is 5.56 Å². The second kappa shape index (κ2) is 10.9. The van der Waals surface area contributed by atoms with Crippen molar-refractivity contribution in [3.63, 3.8) is 0 Å². The van der Waals surface area contributed by atoms with E-state index in [0.29, 0.717) is 18.0 Å². The van der Waals surface area contributed by atoms with E-state index in [2.05, 4.69) is 30.3 Å². The molecule has 0 radical (unpaired) electrons. The van der Waals surface area contributed by atoms with Crippen LogP contribution in [-0.2, 0) is 4.79 Å². The minimum atomic E-state index is -0.463. The number of benzene rings is 1. The Morgan fingerprint density at radius 3 is 2.41 bits per heavy atom. The van der Waals surface area contributed by atoms with Crippen molar-refractivity contribution in [3.05, 3.63) is 35.9 Å². The fourth-order valence-corrected chi connectivity index (χ4v) is 8.24. The van der Waals surface area contributed by atoms with Crippen LogP contribution in [0.2, 0.25) is 0 Å². The van der Waals surface area contributed by atoms with Gasteiger partial charge in [-0.3, -0.25) is 9.59 Å². The van der Waals surface area contributed by atoms with Crippen molar-refractivity contribution in [2.45, 2.75) is 94.7 Å². The number of nitrogens with zero attached hydrogens (tertiary/aromatic N) is 6. The van der Waals surface area contributed by atoms with Gasteiger partial charge in [-0.05, 0) is 108 Å². The molecule has 11 heteroatoms.